The molecule has 0 spiro atoms. The van der Waals surface area contributed by atoms with Crippen LogP contribution in [0, 0.1) is 5.41 Å². The van der Waals surface area contributed by atoms with Crippen molar-refractivity contribution < 1.29 is 9.90 Å². The van der Waals surface area contributed by atoms with E-state index in [9.17, 15) is 4.79 Å². The molecular weight excluding hydrogens is 264 g/mol. The minimum Gasteiger partial charge on any atom is -0.481 e. The summed E-state index contributed by atoms with van der Waals surface area (Å²) in [5.74, 6) is 0.0671. The fraction of sp³-hybridized carbons (Fsp3) is 0.500. The summed E-state index contributed by atoms with van der Waals surface area (Å²) in [7, 11) is 0. The molecule has 2 N–H and O–H groups in total. The Balaban J connectivity index is 1.90. The molecule has 2 heterocycles. The van der Waals surface area contributed by atoms with E-state index in [1.807, 2.05) is 0 Å². The van der Waals surface area contributed by atoms with Gasteiger partial charge < -0.3 is 10.1 Å². The molecule has 2 aromatic heterocycles. The predicted molar refractivity (Wildman–Crippen MR) is 73.1 cm³/mol. The van der Waals surface area contributed by atoms with Gasteiger partial charge in [0, 0.05) is 0 Å². The van der Waals surface area contributed by atoms with E-state index in [-0.39, 0.29) is 0 Å². The molecule has 6 nitrogen and oxygen atoms in total. The van der Waals surface area contributed by atoms with Crippen LogP contribution in [0.1, 0.15) is 26.7 Å². The summed E-state index contributed by atoms with van der Waals surface area (Å²) in [6, 6.07) is 0. The van der Waals surface area contributed by atoms with E-state index in [1.54, 1.807) is 31.9 Å². The quantitative estimate of drug-likeness (QED) is 0.479. The predicted octanol–water partition coefficient (Wildman–Crippen LogP) is 2.34. The van der Waals surface area contributed by atoms with Crippen molar-refractivity contribution in [1.29, 1.82) is 0 Å². The number of nitrogens with zero attached hydrogens (tertiary/aromatic N) is 3. The van der Waals surface area contributed by atoms with Gasteiger partial charge in [-0.15, -0.1) is 11.8 Å². The first-order valence-corrected chi connectivity index (χ1v) is 6.99. The molecule has 0 unspecified atom stereocenters. The van der Waals surface area contributed by atoms with E-state index in [1.165, 1.54) is 6.33 Å². The van der Waals surface area contributed by atoms with E-state index in [0.717, 1.165) is 22.7 Å². The van der Waals surface area contributed by atoms with Gasteiger partial charge in [-0.05, 0) is 32.4 Å². The van der Waals surface area contributed by atoms with Crippen molar-refractivity contribution >= 4 is 28.9 Å². The van der Waals surface area contributed by atoms with Gasteiger partial charge in [-0.3, -0.25) is 4.79 Å². The Morgan fingerprint density at radius 1 is 1.42 bits per heavy atom. The standard InChI is InChI=1S/C12H16N4O2S/c1-12(2,11(17)18)4-3-5-19-10-8-9(14-6-13-8)15-7-16-10/h6-7H,3-5H2,1-2H3,(H,17,18)(H,13,14,15,16). The Bertz CT molecular complexity index is 582. The molecule has 0 amide bonds. The Morgan fingerprint density at radius 2 is 2.21 bits per heavy atom. The third kappa shape index (κ3) is 3.23. The van der Waals surface area contributed by atoms with Crippen LogP contribution in [0.25, 0.3) is 11.2 Å². The second-order valence-corrected chi connectivity index (χ2v) is 6.00. The van der Waals surface area contributed by atoms with E-state index in [2.05, 4.69) is 19.9 Å². The molecule has 0 saturated heterocycles. The monoisotopic (exact) mass is 280 g/mol. The normalized spacial score (nSPS) is 11.9. The van der Waals surface area contributed by atoms with Crippen LogP contribution in [0.2, 0.25) is 0 Å². The number of aromatic nitrogens is 4. The summed E-state index contributed by atoms with van der Waals surface area (Å²) in [6.45, 7) is 3.50. The maximum Gasteiger partial charge on any atom is 0.309 e. The first-order chi connectivity index (χ1) is 9.00. The summed E-state index contributed by atoms with van der Waals surface area (Å²) in [5, 5.41) is 9.89. The summed E-state index contributed by atoms with van der Waals surface area (Å²) in [6.07, 6.45) is 4.56. The third-order valence-corrected chi connectivity index (χ3v) is 4.03. The number of hydrogen-bond acceptors (Lipinski definition) is 5. The highest BCUT2D eigenvalue weighted by atomic mass is 32.2. The number of carbonyl (C=O) groups is 1. The van der Waals surface area contributed by atoms with Gasteiger partial charge >= 0.3 is 5.97 Å². The van der Waals surface area contributed by atoms with E-state index in [4.69, 9.17) is 5.11 Å². The maximum atomic E-state index is 11.0. The van der Waals surface area contributed by atoms with Crippen LogP contribution in [0.4, 0.5) is 0 Å². The van der Waals surface area contributed by atoms with E-state index in [0.29, 0.717) is 12.1 Å². The van der Waals surface area contributed by atoms with Gasteiger partial charge in [0.2, 0.25) is 0 Å². The number of imidazole rings is 1. The summed E-state index contributed by atoms with van der Waals surface area (Å²) in [5.41, 5.74) is 0.823. The lowest BCUT2D eigenvalue weighted by atomic mass is 9.88. The molecule has 0 aromatic carbocycles. The van der Waals surface area contributed by atoms with Gasteiger partial charge in [-0.2, -0.15) is 0 Å². The van der Waals surface area contributed by atoms with Gasteiger partial charge in [0.15, 0.2) is 5.65 Å². The smallest absolute Gasteiger partial charge is 0.309 e. The van der Waals surface area contributed by atoms with Crippen LogP contribution in [0.15, 0.2) is 17.7 Å². The molecule has 0 fully saturated rings. The van der Waals surface area contributed by atoms with E-state index < -0.39 is 11.4 Å². The molecule has 0 bridgehead atoms. The van der Waals surface area contributed by atoms with Crippen LogP contribution in [-0.2, 0) is 4.79 Å². The highest BCUT2D eigenvalue weighted by Gasteiger charge is 2.26. The minimum absolute atomic E-state index is 0.645. The molecule has 2 rings (SSSR count). The van der Waals surface area contributed by atoms with Gasteiger partial charge in [0.05, 0.1) is 11.7 Å². The summed E-state index contributed by atoms with van der Waals surface area (Å²) >= 11 is 1.59. The lowest BCUT2D eigenvalue weighted by Crippen LogP contribution is -2.23. The molecule has 102 valence electrons. The Labute approximate surface area is 115 Å². The van der Waals surface area contributed by atoms with Crippen molar-refractivity contribution in [2.75, 3.05) is 5.75 Å². The third-order valence-electron chi connectivity index (χ3n) is 2.95. The number of thioether (sulfide) groups is 1. The number of nitrogens with one attached hydrogen (secondary N) is 1. The average molecular weight is 280 g/mol. The second kappa shape index (κ2) is 5.56. The fourth-order valence-corrected chi connectivity index (χ4v) is 2.54. The highest BCUT2D eigenvalue weighted by Crippen LogP contribution is 2.27. The lowest BCUT2D eigenvalue weighted by Gasteiger charge is -2.18. The summed E-state index contributed by atoms with van der Waals surface area (Å²) < 4.78 is 0. The molecule has 0 radical (unpaired) electrons. The molecule has 0 aliphatic rings. The second-order valence-electron chi connectivity index (χ2n) is 4.92. The number of rotatable bonds is 6. The molecule has 7 heteroatoms. The van der Waals surface area contributed by atoms with Crippen LogP contribution >= 0.6 is 11.8 Å². The van der Waals surface area contributed by atoms with Crippen molar-refractivity contribution in [3.63, 3.8) is 0 Å². The van der Waals surface area contributed by atoms with Crippen molar-refractivity contribution in [2.24, 2.45) is 5.41 Å². The molecule has 0 aliphatic carbocycles. The number of carboxylic acids is 1. The Morgan fingerprint density at radius 3 is 2.95 bits per heavy atom. The maximum absolute atomic E-state index is 11.0. The summed E-state index contributed by atoms with van der Waals surface area (Å²) in [4.78, 5) is 26.3. The lowest BCUT2D eigenvalue weighted by molar-refractivity contribution is -0.147. The van der Waals surface area contributed by atoms with Gasteiger partial charge in [0.1, 0.15) is 16.9 Å². The van der Waals surface area contributed by atoms with Crippen LogP contribution in [0.3, 0.4) is 0 Å². The number of aliphatic carboxylic acids is 1. The molecule has 2 aromatic rings. The van der Waals surface area contributed by atoms with Crippen molar-refractivity contribution in [2.45, 2.75) is 31.7 Å². The molecule has 0 saturated carbocycles. The largest absolute Gasteiger partial charge is 0.481 e. The first-order valence-electron chi connectivity index (χ1n) is 6.01. The van der Waals surface area contributed by atoms with Crippen molar-refractivity contribution in [1.82, 2.24) is 19.9 Å². The first kappa shape index (κ1) is 13.8. The zero-order valence-corrected chi connectivity index (χ0v) is 11.7. The van der Waals surface area contributed by atoms with Crippen molar-refractivity contribution in [3.05, 3.63) is 12.7 Å². The molecule has 0 aliphatic heterocycles. The Kier molecular flexibility index (Phi) is 4.04. The minimum atomic E-state index is -0.754. The van der Waals surface area contributed by atoms with E-state index >= 15 is 0 Å². The number of carboxylic acid groups (broad SMARTS) is 1. The highest BCUT2D eigenvalue weighted by molar-refractivity contribution is 7.99. The molecule has 19 heavy (non-hydrogen) atoms. The van der Waals surface area contributed by atoms with Crippen LogP contribution in [-0.4, -0.2) is 36.8 Å². The zero-order valence-electron chi connectivity index (χ0n) is 10.9. The van der Waals surface area contributed by atoms with Crippen molar-refractivity contribution in [3.8, 4) is 0 Å². The Hall–Kier alpha value is -1.63. The van der Waals surface area contributed by atoms with Crippen LogP contribution in [0.5, 0.6) is 0 Å². The number of aromatic amines is 1. The number of H-pyrrole nitrogens is 1. The van der Waals surface area contributed by atoms with Gasteiger partial charge in [0.25, 0.3) is 0 Å². The van der Waals surface area contributed by atoms with Gasteiger partial charge in [-0.1, -0.05) is 0 Å². The fourth-order valence-electron chi connectivity index (χ4n) is 1.64. The molecule has 0 atom stereocenters. The van der Waals surface area contributed by atoms with Crippen LogP contribution < -0.4 is 0 Å². The van der Waals surface area contributed by atoms with Gasteiger partial charge in [-0.25, -0.2) is 15.0 Å². The number of fused-ring (bicyclic) bond motifs is 1. The zero-order chi connectivity index (χ0) is 13.9. The topological polar surface area (TPSA) is 91.8 Å². The SMILES string of the molecule is CC(C)(CCCSc1ncnc2nc[nH]c12)C(=O)O. The molecular formula is C12H16N4O2S. The number of hydrogen-bond donors (Lipinski definition) is 2. The average Bonchev–Trinajstić information content (AvgIpc) is 2.83.